The van der Waals surface area contributed by atoms with Crippen molar-refractivity contribution in [2.45, 2.75) is 120 Å². The zero-order valence-corrected chi connectivity index (χ0v) is 32.7. The molecule has 2 aromatic heterocycles. The van der Waals surface area contributed by atoms with E-state index in [9.17, 15) is 46.1 Å². The number of carboxylic acid groups (broad SMARTS) is 1. The van der Waals surface area contributed by atoms with Gasteiger partial charge >= 0.3 is 18.3 Å². The number of thiophene rings is 1. The highest BCUT2D eigenvalue weighted by atomic mass is 32.1. The van der Waals surface area contributed by atoms with Gasteiger partial charge in [-0.05, 0) is 82.5 Å². The predicted molar refractivity (Wildman–Crippen MR) is 200 cm³/mol. The lowest BCUT2D eigenvalue weighted by atomic mass is 9.78. The molecular weight excluding hydrogens is 777 g/mol. The van der Waals surface area contributed by atoms with Crippen LogP contribution in [-0.2, 0) is 34.1 Å². The van der Waals surface area contributed by atoms with Crippen molar-refractivity contribution in [3.8, 4) is 11.5 Å². The molecule has 2 aliphatic heterocycles. The van der Waals surface area contributed by atoms with Crippen LogP contribution in [0.5, 0.6) is 11.5 Å². The summed E-state index contributed by atoms with van der Waals surface area (Å²) in [4.78, 5) is 33.4. The number of benzene rings is 1. The minimum atomic E-state index is -4.68. The van der Waals surface area contributed by atoms with Crippen LogP contribution in [0.2, 0.25) is 0 Å². The van der Waals surface area contributed by atoms with E-state index in [0.29, 0.717) is 74.1 Å². The maximum atomic E-state index is 15.0. The number of alkyl halides is 6. The number of ether oxygens (including phenoxy) is 2. The second-order valence-electron chi connectivity index (χ2n) is 15.6. The number of aliphatic hydroxyl groups is 1. The van der Waals surface area contributed by atoms with Gasteiger partial charge in [-0.2, -0.15) is 26.3 Å². The Morgan fingerprint density at radius 2 is 1.67 bits per heavy atom. The van der Waals surface area contributed by atoms with Gasteiger partial charge in [0.1, 0.15) is 16.4 Å². The quantitative estimate of drug-likeness (QED) is 0.122. The standard InChI is InChI=1S/C41H49F6N3O6S/c1-2-10-33-39(56-28-25-34(57-27-28)41(45,46)47,17-8-21-50(33)26-31-29(40(42,43)44)12-7-20-48-31)35(51)49-22-18-38(54,19-23-49)30-11-3-4-13-32(30)55-24-9-16-37(36(52)53)14-5-6-15-37/h3-4,7,11-13,20,25,27,33,54H,2,5-6,8-10,14-19,21-24,26H2,1H3,(H,52,53)/t33-,39+/m1/s1. The minimum Gasteiger partial charge on any atom is -0.493 e. The van der Waals surface area contributed by atoms with Crippen LogP contribution < -0.4 is 9.47 Å². The Morgan fingerprint density at radius 1 is 0.947 bits per heavy atom. The van der Waals surface area contributed by atoms with Crippen molar-refractivity contribution >= 4 is 23.2 Å². The van der Waals surface area contributed by atoms with Crippen LogP contribution in [-0.4, -0.2) is 74.8 Å². The first kappa shape index (κ1) is 42.7. The summed E-state index contributed by atoms with van der Waals surface area (Å²) in [6, 6.07) is 9.22. The highest BCUT2D eigenvalue weighted by Crippen LogP contribution is 2.45. The number of halogens is 6. The molecule has 312 valence electrons. The summed E-state index contributed by atoms with van der Waals surface area (Å²) in [5.41, 5.74) is -4.51. The predicted octanol–water partition coefficient (Wildman–Crippen LogP) is 9.08. The first-order chi connectivity index (χ1) is 27.0. The number of nitrogens with zero attached hydrogens (tertiary/aromatic N) is 3. The molecule has 0 unspecified atom stereocenters. The first-order valence-electron chi connectivity index (χ1n) is 19.6. The van der Waals surface area contributed by atoms with Gasteiger partial charge in [0.05, 0.1) is 34.9 Å². The number of hydrogen-bond donors (Lipinski definition) is 2. The van der Waals surface area contributed by atoms with Crippen LogP contribution >= 0.6 is 11.3 Å². The molecule has 3 fully saturated rings. The molecule has 1 saturated carbocycles. The smallest absolute Gasteiger partial charge is 0.425 e. The van der Waals surface area contributed by atoms with Crippen molar-refractivity contribution in [1.82, 2.24) is 14.8 Å². The van der Waals surface area contributed by atoms with E-state index in [4.69, 9.17) is 9.47 Å². The van der Waals surface area contributed by atoms with Crippen LogP contribution in [0.1, 0.15) is 106 Å². The topological polar surface area (TPSA) is 112 Å². The van der Waals surface area contributed by atoms with Crippen LogP contribution in [0, 0.1) is 5.41 Å². The summed E-state index contributed by atoms with van der Waals surface area (Å²) in [6.45, 7) is 2.28. The van der Waals surface area contributed by atoms with Gasteiger partial charge < -0.3 is 24.6 Å². The van der Waals surface area contributed by atoms with Gasteiger partial charge in [0.25, 0.3) is 5.91 Å². The molecule has 4 heterocycles. The normalized spacial score (nSPS) is 22.7. The summed E-state index contributed by atoms with van der Waals surface area (Å²) >= 11 is 0.432. The van der Waals surface area contributed by atoms with Crippen molar-refractivity contribution in [2.75, 3.05) is 26.2 Å². The number of carboxylic acids is 1. The fourth-order valence-electron chi connectivity index (χ4n) is 9.01. The number of aromatic nitrogens is 1. The van der Waals surface area contributed by atoms with E-state index in [1.807, 2.05) is 6.92 Å². The molecular formula is C41H49F6N3O6S. The Morgan fingerprint density at radius 3 is 2.32 bits per heavy atom. The van der Waals surface area contributed by atoms with Gasteiger partial charge in [0, 0.05) is 42.8 Å². The molecule has 57 heavy (non-hydrogen) atoms. The average Bonchev–Trinajstić information content (AvgIpc) is 3.86. The molecule has 2 N–H and O–H groups in total. The summed E-state index contributed by atoms with van der Waals surface area (Å²) in [5, 5.41) is 23.1. The lowest BCUT2D eigenvalue weighted by Crippen LogP contribution is -2.67. The molecule has 1 amide bonds. The van der Waals surface area contributed by atoms with Gasteiger partial charge in [0.2, 0.25) is 5.60 Å². The molecule has 6 rings (SSSR count). The SMILES string of the molecule is CCC[C@H]1N(Cc2ncccc2C(F)(F)F)CCC[C@@]1(Oc1csc(C(F)(F)F)c1)C(=O)N1CCC(O)(c2ccccc2OCCCC2(C(=O)O)CCCC2)CC1. The molecule has 2 atom stereocenters. The Bertz CT molecular complexity index is 1860. The molecule has 9 nitrogen and oxygen atoms in total. The first-order valence-corrected chi connectivity index (χ1v) is 20.5. The third-order valence-corrected chi connectivity index (χ3v) is 12.9. The van der Waals surface area contributed by atoms with Gasteiger partial charge in [-0.15, -0.1) is 11.3 Å². The maximum Gasteiger partial charge on any atom is 0.425 e. The Kier molecular flexibility index (Phi) is 12.8. The van der Waals surface area contributed by atoms with E-state index in [2.05, 4.69) is 4.98 Å². The van der Waals surface area contributed by atoms with E-state index < -0.39 is 57.3 Å². The van der Waals surface area contributed by atoms with Crippen LogP contribution in [0.15, 0.2) is 54.0 Å². The lowest BCUT2D eigenvalue weighted by Gasteiger charge is -2.51. The van der Waals surface area contributed by atoms with Crippen LogP contribution in [0.25, 0.3) is 0 Å². The number of aliphatic carboxylic acids is 1. The van der Waals surface area contributed by atoms with Crippen molar-refractivity contribution < 1.29 is 55.6 Å². The molecule has 16 heteroatoms. The summed E-state index contributed by atoms with van der Waals surface area (Å²) < 4.78 is 95.9. The van der Waals surface area contributed by atoms with Crippen LogP contribution in [0.4, 0.5) is 26.3 Å². The third-order valence-electron chi connectivity index (χ3n) is 11.9. The molecule has 0 radical (unpaired) electrons. The van der Waals surface area contributed by atoms with E-state index in [1.165, 1.54) is 22.5 Å². The highest BCUT2D eigenvalue weighted by molar-refractivity contribution is 7.10. The zero-order chi connectivity index (χ0) is 41.1. The van der Waals surface area contributed by atoms with E-state index in [1.54, 1.807) is 29.2 Å². The second-order valence-corrected chi connectivity index (χ2v) is 16.5. The lowest BCUT2D eigenvalue weighted by molar-refractivity contribution is -0.166. The molecule has 0 bridgehead atoms. The molecule has 2 saturated heterocycles. The van der Waals surface area contributed by atoms with Crippen molar-refractivity contribution in [3.63, 3.8) is 0 Å². The number of rotatable bonds is 14. The van der Waals surface area contributed by atoms with Gasteiger partial charge in [-0.25, -0.2) is 0 Å². The number of carbonyl (C=O) groups is 2. The molecule has 0 spiro atoms. The van der Waals surface area contributed by atoms with E-state index in [-0.39, 0.29) is 56.9 Å². The molecule has 1 aliphatic carbocycles. The summed E-state index contributed by atoms with van der Waals surface area (Å²) in [6.07, 6.45) is -2.59. The number of para-hydroxylation sites is 1. The fourth-order valence-corrected chi connectivity index (χ4v) is 9.68. The summed E-state index contributed by atoms with van der Waals surface area (Å²) in [5.74, 6) is -0.991. The number of carbonyl (C=O) groups excluding carboxylic acids is 1. The Labute approximate surface area is 332 Å². The van der Waals surface area contributed by atoms with Gasteiger partial charge in [-0.1, -0.05) is 44.4 Å². The zero-order valence-electron chi connectivity index (χ0n) is 31.8. The van der Waals surface area contributed by atoms with E-state index in [0.717, 1.165) is 25.0 Å². The number of pyridine rings is 1. The fraction of sp³-hybridized carbons (Fsp3) is 0.585. The van der Waals surface area contributed by atoms with Crippen molar-refractivity contribution in [1.29, 1.82) is 0 Å². The molecule has 1 aromatic carbocycles. The number of piperidine rings is 2. The Hall–Kier alpha value is -3.89. The monoisotopic (exact) mass is 825 g/mol. The molecule has 3 aromatic rings. The highest BCUT2D eigenvalue weighted by Gasteiger charge is 2.55. The van der Waals surface area contributed by atoms with Gasteiger partial charge in [0.15, 0.2) is 0 Å². The molecule has 3 aliphatic rings. The van der Waals surface area contributed by atoms with Crippen molar-refractivity contribution in [3.05, 3.63) is 75.7 Å². The third kappa shape index (κ3) is 9.22. The minimum absolute atomic E-state index is 0.0602. The average molecular weight is 826 g/mol. The second kappa shape index (κ2) is 17.1. The number of likely N-dealkylation sites (tertiary alicyclic amines) is 2. The number of amides is 1. The number of hydrogen-bond acceptors (Lipinski definition) is 8. The summed E-state index contributed by atoms with van der Waals surface area (Å²) in [7, 11) is 0. The van der Waals surface area contributed by atoms with Gasteiger partial charge in [-0.3, -0.25) is 19.5 Å². The largest absolute Gasteiger partial charge is 0.493 e. The van der Waals surface area contributed by atoms with Crippen molar-refractivity contribution in [2.24, 2.45) is 5.41 Å². The maximum absolute atomic E-state index is 15.0. The van der Waals surface area contributed by atoms with Crippen LogP contribution in [0.3, 0.4) is 0 Å². The van der Waals surface area contributed by atoms with E-state index >= 15 is 0 Å². The Balaban J connectivity index is 1.24.